The number of hydrogen-bond donors (Lipinski definition) is 3. The van der Waals surface area contributed by atoms with E-state index in [0.717, 1.165) is 11.3 Å². The maximum Gasteiger partial charge on any atom is 0.254 e. The molecule has 0 atom stereocenters. The van der Waals surface area contributed by atoms with Crippen LogP contribution >= 0.6 is 11.3 Å². The minimum atomic E-state index is -3.69. The van der Waals surface area contributed by atoms with Gasteiger partial charge in [0.1, 0.15) is 0 Å². The quantitative estimate of drug-likeness (QED) is 0.733. The summed E-state index contributed by atoms with van der Waals surface area (Å²) in [6.07, 6.45) is 0. The summed E-state index contributed by atoms with van der Waals surface area (Å²) in [4.78, 5) is 0. The number of rotatable bonds is 2. The Bertz CT molecular complexity index is 457. The number of nitrogen functional groups attached to an aromatic ring is 1. The molecule has 0 amide bonds. The lowest BCUT2D eigenvalue weighted by Gasteiger charge is -2.19. The molecule has 0 saturated carbocycles. The lowest BCUT2D eigenvalue weighted by Crippen LogP contribution is -2.40. The van der Waals surface area contributed by atoms with Crippen LogP contribution in [0, 0.1) is 0 Å². The molecule has 0 aliphatic carbocycles. The van der Waals surface area contributed by atoms with E-state index in [1.165, 1.54) is 5.38 Å². The number of hydrogen-bond acceptors (Lipinski definition) is 5. The van der Waals surface area contributed by atoms with Gasteiger partial charge in [-0.3, -0.25) is 0 Å². The van der Waals surface area contributed by atoms with E-state index in [2.05, 4.69) is 4.72 Å². The van der Waals surface area contributed by atoms with E-state index in [4.69, 9.17) is 5.73 Å². The smallest absolute Gasteiger partial charge is 0.254 e. The van der Waals surface area contributed by atoms with E-state index >= 15 is 0 Å². The first kappa shape index (κ1) is 12.3. The summed E-state index contributed by atoms with van der Waals surface area (Å²) in [5.74, 6) is -0.378. The summed E-state index contributed by atoms with van der Waals surface area (Å²) in [6.45, 7) is 5.16. The highest BCUT2D eigenvalue weighted by Crippen LogP contribution is 2.35. The first-order chi connectivity index (χ1) is 6.63. The predicted molar refractivity (Wildman–Crippen MR) is 60.5 cm³/mol. The highest BCUT2D eigenvalue weighted by atomic mass is 32.2. The highest BCUT2D eigenvalue weighted by Gasteiger charge is 2.27. The van der Waals surface area contributed by atoms with Crippen LogP contribution in [0.3, 0.4) is 0 Å². The van der Waals surface area contributed by atoms with E-state index in [9.17, 15) is 13.5 Å². The Morgan fingerprint density at radius 3 is 2.33 bits per heavy atom. The molecule has 1 aromatic heterocycles. The fourth-order valence-electron chi connectivity index (χ4n) is 0.987. The molecule has 1 rings (SSSR count). The minimum Gasteiger partial charge on any atom is -0.504 e. The van der Waals surface area contributed by atoms with Crippen molar-refractivity contribution in [2.24, 2.45) is 0 Å². The molecule has 86 valence electrons. The largest absolute Gasteiger partial charge is 0.504 e. The van der Waals surface area contributed by atoms with E-state index < -0.39 is 15.6 Å². The molecule has 0 aliphatic rings. The third-order valence-corrected chi connectivity index (χ3v) is 4.73. The Morgan fingerprint density at radius 2 is 2.00 bits per heavy atom. The SMILES string of the molecule is CC(C)(C)NS(=O)(=O)c1scc(N)c1O. The van der Waals surface area contributed by atoms with Crippen LogP contribution in [-0.2, 0) is 10.0 Å². The van der Waals surface area contributed by atoms with Gasteiger partial charge in [0, 0.05) is 10.9 Å². The number of thiophene rings is 1. The summed E-state index contributed by atoms with van der Waals surface area (Å²) in [7, 11) is -3.69. The molecule has 5 nitrogen and oxygen atoms in total. The van der Waals surface area contributed by atoms with Gasteiger partial charge in [-0.2, -0.15) is 0 Å². The van der Waals surface area contributed by atoms with Crippen LogP contribution in [0.5, 0.6) is 5.75 Å². The Balaban J connectivity index is 3.13. The van der Waals surface area contributed by atoms with Gasteiger partial charge in [0.2, 0.25) is 0 Å². The van der Waals surface area contributed by atoms with Crippen molar-refractivity contribution >= 4 is 27.0 Å². The fourth-order valence-corrected chi connectivity index (χ4v) is 3.61. The minimum absolute atomic E-state index is 0.0780. The topological polar surface area (TPSA) is 92.4 Å². The molecule has 7 heteroatoms. The van der Waals surface area contributed by atoms with Crippen LogP contribution in [0.1, 0.15) is 20.8 Å². The van der Waals surface area contributed by atoms with E-state index in [1.54, 1.807) is 20.8 Å². The number of nitrogens with one attached hydrogen (secondary N) is 1. The summed E-state index contributed by atoms with van der Waals surface area (Å²) in [6, 6.07) is 0. The van der Waals surface area contributed by atoms with Crippen molar-refractivity contribution in [3.05, 3.63) is 5.38 Å². The van der Waals surface area contributed by atoms with Crippen molar-refractivity contribution in [3.8, 4) is 5.75 Å². The fraction of sp³-hybridized carbons (Fsp3) is 0.500. The van der Waals surface area contributed by atoms with Crippen molar-refractivity contribution in [3.63, 3.8) is 0 Å². The molecule has 0 fully saturated rings. The molecule has 0 spiro atoms. The summed E-state index contributed by atoms with van der Waals surface area (Å²) in [5, 5.41) is 10.8. The van der Waals surface area contributed by atoms with Crippen LogP contribution in [-0.4, -0.2) is 19.1 Å². The average molecular weight is 250 g/mol. The van der Waals surface area contributed by atoms with E-state index in [0.29, 0.717) is 0 Å². The molecule has 1 heterocycles. The zero-order valence-corrected chi connectivity index (χ0v) is 10.4. The maximum atomic E-state index is 11.8. The second-order valence-electron chi connectivity index (χ2n) is 4.18. The highest BCUT2D eigenvalue weighted by molar-refractivity contribution is 7.91. The number of sulfonamides is 1. The van der Waals surface area contributed by atoms with E-state index in [1.807, 2.05) is 0 Å². The summed E-state index contributed by atoms with van der Waals surface area (Å²) < 4.78 is 25.8. The molecule has 15 heavy (non-hydrogen) atoms. The molecule has 0 radical (unpaired) electrons. The molecule has 0 aliphatic heterocycles. The molecule has 0 aromatic carbocycles. The molecule has 0 unspecified atom stereocenters. The number of aromatic hydroxyl groups is 1. The molecular formula is C8H14N2O3S2. The number of anilines is 1. The first-order valence-corrected chi connectivity index (χ1v) is 6.60. The average Bonchev–Trinajstić information content (AvgIpc) is 2.27. The van der Waals surface area contributed by atoms with Crippen molar-refractivity contribution in [1.82, 2.24) is 4.72 Å². The normalized spacial score (nSPS) is 13.0. The molecular weight excluding hydrogens is 236 g/mol. The molecule has 4 N–H and O–H groups in total. The lowest BCUT2D eigenvalue weighted by atomic mass is 10.1. The van der Waals surface area contributed by atoms with Crippen molar-refractivity contribution < 1.29 is 13.5 Å². The van der Waals surface area contributed by atoms with Crippen molar-refractivity contribution in [2.45, 2.75) is 30.5 Å². The van der Waals surface area contributed by atoms with Gasteiger partial charge < -0.3 is 10.8 Å². The Hall–Kier alpha value is -0.790. The Morgan fingerprint density at radius 1 is 1.47 bits per heavy atom. The predicted octanol–water partition coefficient (Wildman–Crippen LogP) is 1.11. The van der Waals surface area contributed by atoms with Gasteiger partial charge in [-0.25, -0.2) is 13.1 Å². The van der Waals surface area contributed by atoms with Gasteiger partial charge in [-0.1, -0.05) is 0 Å². The Labute approximate surface area is 93.0 Å². The molecule has 0 bridgehead atoms. The first-order valence-electron chi connectivity index (χ1n) is 4.23. The van der Waals surface area contributed by atoms with Gasteiger partial charge in [0.25, 0.3) is 10.0 Å². The van der Waals surface area contributed by atoms with Gasteiger partial charge >= 0.3 is 0 Å². The van der Waals surface area contributed by atoms with Gasteiger partial charge in [0.05, 0.1) is 5.69 Å². The van der Waals surface area contributed by atoms with Crippen LogP contribution in [0.15, 0.2) is 9.59 Å². The summed E-state index contributed by atoms with van der Waals surface area (Å²) in [5.41, 5.74) is 4.85. The summed E-state index contributed by atoms with van der Waals surface area (Å²) >= 11 is 0.898. The van der Waals surface area contributed by atoms with Crippen molar-refractivity contribution in [1.29, 1.82) is 0 Å². The van der Waals surface area contributed by atoms with E-state index in [-0.39, 0.29) is 15.6 Å². The van der Waals surface area contributed by atoms with Gasteiger partial charge in [-0.05, 0) is 20.8 Å². The molecule has 1 aromatic rings. The zero-order valence-electron chi connectivity index (χ0n) is 8.73. The zero-order chi connectivity index (χ0) is 11.9. The molecule has 0 saturated heterocycles. The van der Waals surface area contributed by atoms with Crippen LogP contribution in [0.25, 0.3) is 0 Å². The lowest BCUT2D eigenvalue weighted by molar-refractivity contribution is 0.460. The number of nitrogens with two attached hydrogens (primary N) is 1. The third-order valence-electron chi connectivity index (χ3n) is 1.44. The van der Waals surface area contributed by atoms with Crippen LogP contribution in [0.2, 0.25) is 0 Å². The Kier molecular flexibility index (Phi) is 2.99. The maximum absolute atomic E-state index is 11.8. The van der Waals surface area contributed by atoms with Crippen LogP contribution < -0.4 is 10.5 Å². The van der Waals surface area contributed by atoms with Gasteiger partial charge in [-0.15, -0.1) is 11.3 Å². The van der Waals surface area contributed by atoms with Gasteiger partial charge in [0.15, 0.2) is 9.96 Å². The van der Waals surface area contributed by atoms with Crippen molar-refractivity contribution in [2.75, 3.05) is 5.73 Å². The van der Waals surface area contributed by atoms with Crippen LogP contribution in [0.4, 0.5) is 5.69 Å². The third kappa shape index (κ3) is 2.83. The second-order valence-corrected chi connectivity index (χ2v) is 6.94. The monoisotopic (exact) mass is 250 g/mol. The standard InChI is InChI=1S/C8H14N2O3S2/c1-8(2,3)10-15(12,13)7-6(11)5(9)4-14-7/h4,10-11H,9H2,1-3H3. The second kappa shape index (κ2) is 3.66.